The number of aromatic amines is 1. The van der Waals surface area contributed by atoms with Crippen molar-refractivity contribution in [3.63, 3.8) is 0 Å². The van der Waals surface area contributed by atoms with Gasteiger partial charge in [-0.2, -0.15) is 0 Å². The monoisotopic (exact) mass is 610 g/mol. The van der Waals surface area contributed by atoms with Gasteiger partial charge in [-0.15, -0.1) is 0 Å². The molecule has 1 aromatic heterocycles. The second kappa shape index (κ2) is 13.0. The van der Waals surface area contributed by atoms with Crippen LogP contribution in [0.4, 0.5) is 0 Å². The van der Waals surface area contributed by atoms with Crippen molar-refractivity contribution in [2.45, 2.75) is 59.4 Å². The fraction of sp³-hybridized carbons (Fsp3) is 0.265. The molecule has 0 radical (unpaired) electrons. The summed E-state index contributed by atoms with van der Waals surface area (Å²) in [5, 5.41) is 21.3. The molecular formula is C34H34N4O7. The van der Waals surface area contributed by atoms with Crippen molar-refractivity contribution in [1.29, 1.82) is 0 Å². The van der Waals surface area contributed by atoms with Gasteiger partial charge in [0, 0.05) is 40.9 Å². The molecule has 0 saturated carbocycles. The Balaban J connectivity index is 1.77. The van der Waals surface area contributed by atoms with Crippen LogP contribution in [-0.4, -0.2) is 62.6 Å². The summed E-state index contributed by atoms with van der Waals surface area (Å²) in [6.45, 7) is 14.6. The largest absolute Gasteiger partial charge is 0.481 e. The number of nitrogens with one attached hydrogen (secondary N) is 2. The Morgan fingerprint density at radius 3 is 2.11 bits per heavy atom. The van der Waals surface area contributed by atoms with E-state index in [1.807, 2.05) is 6.92 Å². The number of hydrogen-bond acceptors (Lipinski definition) is 7. The maximum absolute atomic E-state index is 14.0. The van der Waals surface area contributed by atoms with E-state index in [-0.39, 0.29) is 37.3 Å². The maximum Gasteiger partial charge on any atom is 0.303 e. The molecule has 4 N–H and O–H groups in total. The van der Waals surface area contributed by atoms with Crippen molar-refractivity contribution in [2.75, 3.05) is 0 Å². The normalized spacial score (nSPS) is 19.8. The number of aliphatic carboxylic acids is 2. The molecule has 0 spiro atoms. The molecule has 0 saturated heterocycles. The third kappa shape index (κ3) is 6.28. The summed E-state index contributed by atoms with van der Waals surface area (Å²) in [6, 6.07) is -0.995. The minimum atomic E-state index is -1.02. The summed E-state index contributed by atoms with van der Waals surface area (Å²) in [5.74, 6) is -2.80. The Hall–Kier alpha value is -5.45. The first-order valence-corrected chi connectivity index (χ1v) is 14.3. The van der Waals surface area contributed by atoms with Gasteiger partial charge in [0.2, 0.25) is 5.78 Å². The van der Waals surface area contributed by atoms with Crippen LogP contribution < -0.4 is 5.32 Å². The van der Waals surface area contributed by atoms with Crippen molar-refractivity contribution >= 4 is 53.5 Å². The summed E-state index contributed by atoms with van der Waals surface area (Å²) in [7, 11) is 0. The number of aromatic nitrogens is 1. The molecule has 0 aromatic carbocycles. The number of aldehydes is 1. The van der Waals surface area contributed by atoms with E-state index in [9.17, 15) is 34.2 Å². The van der Waals surface area contributed by atoms with Gasteiger partial charge in [0.1, 0.15) is 11.8 Å². The van der Waals surface area contributed by atoms with Crippen LogP contribution in [0.5, 0.6) is 0 Å². The fourth-order valence-electron chi connectivity index (χ4n) is 5.67. The van der Waals surface area contributed by atoms with Gasteiger partial charge in [-0.1, -0.05) is 25.3 Å². The number of ketones is 1. The van der Waals surface area contributed by atoms with E-state index in [0.717, 1.165) is 5.56 Å². The summed E-state index contributed by atoms with van der Waals surface area (Å²) < 4.78 is 0. The lowest BCUT2D eigenvalue weighted by Gasteiger charge is -2.10. The Bertz CT molecular complexity index is 1800. The molecule has 232 valence electrons. The standard InChI is InChI=1S/C34H34N4O7/c1-7-20-16(3)24(35-28(20)15-39)13-25-21(8-2)17(4)31(36-25)33(44)32-18(5)22(9-11-29(40)41)26(37-32)14-27-23(10-12-30(42)43)19(6)34(45)38-27/h7-8,13-15,32,35H,1-2,9-12H2,3-6H3,(H,38,45)(H,40,41)(H,42,43)/b25-13-,27-14-. The predicted molar refractivity (Wildman–Crippen MR) is 171 cm³/mol. The van der Waals surface area contributed by atoms with E-state index in [1.54, 1.807) is 45.1 Å². The molecule has 1 aromatic rings. The number of amides is 1. The molecule has 0 fully saturated rings. The molecule has 1 unspecified atom stereocenters. The Morgan fingerprint density at radius 2 is 1.56 bits per heavy atom. The minimum absolute atomic E-state index is 0.0931. The first-order valence-electron chi connectivity index (χ1n) is 14.3. The van der Waals surface area contributed by atoms with Crippen LogP contribution in [0, 0.1) is 6.92 Å². The predicted octanol–water partition coefficient (Wildman–Crippen LogP) is 4.85. The molecular weight excluding hydrogens is 576 g/mol. The number of hydrogen-bond donors (Lipinski definition) is 4. The van der Waals surface area contributed by atoms with Gasteiger partial charge in [0.25, 0.3) is 5.91 Å². The number of rotatable bonds is 13. The number of aliphatic imine (C=N–C) groups is 2. The van der Waals surface area contributed by atoms with E-state index < -0.39 is 23.8 Å². The highest BCUT2D eigenvalue weighted by atomic mass is 16.4. The first kappa shape index (κ1) is 32.5. The van der Waals surface area contributed by atoms with E-state index >= 15 is 0 Å². The Morgan fingerprint density at radius 1 is 0.911 bits per heavy atom. The second-order valence-corrected chi connectivity index (χ2v) is 10.9. The van der Waals surface area contributed by atoms with Crippen LogP contribution in [0.1, 0.15) is 73.8 Å². The number of Topliss-reactive ketones (excluding diaryl/α,β-unsaturated/α-hetero) is 1. The molecule has 0 bridgehead atoms. The SMILES string of the molecule is C=CC1=C(C)C(C(=O)C2N=C(/C=C3\NC(=O)C(C)=C3CCC(=O)O)C(CCC(=O)O)=C2C)=N/C1=C\c1[nH]c(C=O)c(C=C)c1C. The molecule has 45 heavy (non-hydrogen) atoms. The van der Waals surface area contributed by atoms with E-state index in [0.29, 0.717) is 73.8 Å². The summed E-state index contributed by atoms with van der Waals surface area (Å²) in [5.41, 5.74) is 7.07. The highest BCUT2D eigenvalue weighted by molar-refractivity contribution is 6.50. The van der Waals surface area contributed by atoms with Crippen molar-refractivity contribution in [3.05, 3.63) is 92.7 Å². The van der Waals surface area contributed by atoms with E-state index in [4.69, 9.17) is 4.99 Å². The van der Waals surface area contributed by atoms with Crippen molar-refractivity contribution in [1.82, 2.24) is 10.3 Å². The lowest BCUT2D eigenvalue weighted by atomic mass is 9.93. The summed E-state index contributed by atoms with van der Waals surface area (Å²) in [4.78, 5) is 73.1. The Kier molecular flexibility index (Phi) is 9.41. The highest BCUT2D eigenvalue weighted by Gasteiger charge is 2.36. The van der Waals surface area contributed by atoms with E-state index in [1.165, 1.54) is 0 Å². The summed E-state index contributed by atoms with van der Waals surface area (Å²) in [6.07, 6.45) is 7.02. The number of carbonyl (C=O) groups excluding carboxylic acids is 3. The van der Waals surface area contributed by atoms with Crippen molar-refractivity contribution < 1.29 is 34.2 Å². The van der Waals surface area contributed by atoms with Gasteiger partial charge in [-0.3, -0.25) is 29.0 Å². The molecule has 3 aliphatic rings. The molecule has 0 aliphatic carbocycles. The van der Waals surface area contributed by atoms with E-state index in [2.05, 4.69) is 28.5 Å². The average Bonchev–Trinajstić information content (AvgIpc) is 3.67. The topological polar surface area (TPSA) is 178 Å². The number of carbonyl (C=O) groups is 5. The number of allylic oxidation sites excluding steroid dienone is 5. The molecule has 1 atom stereocenters. The lowest BCUT2D eigenvalue weighted by Crippen LogP contribution is -2.27. The average molecular weight is 611 g/mol. The number of H-pyrrole nitrogens is 1. The molecule has 4 heterocycles. The van der Waals surface area contributed by atoms with Crippen LogP contribution >= 0.6 is 0 Å². The van der Waals surface area contributed by atoms with Crippen molar-refractivity contribution in [3.8, 4) is 0 Å². The van der Waals surface area contributed by atoms with Gasteiger partial charge in [-0.25, -0.2) is 4.99 Å². The molecule has 4 rings (SSSR count). The van der Waals surface area contributed by atoms with Crippen molar-refractivity contribution in [2.24, 2.45) is 9.98 Å². The minimum Gasteiger partial charge on any atom is -0.481 e. The third-order valence-electron chi connectivity index (χ3n) is 8.21. The zero-order valence-corrected chi connectivity index (χ0v) is 25.5. The van der Waals surface area contributed by atoms with Gasteiger partial charge >= 0.3 is 11.9 Å². The zero-order valence-electron chi connectivity index (χ0n) is 25.5. The molecule has 11 heteroatoms. The van der Waals surface area contributed by atoms with Crippen LogP contribution in [0.15, 0.2) is 80.1 Å². The van der Waals surface area contributed by atoms with Gasteiger partial charge in [0.05, 0.1) is 17.1 Å². The van der Waals surface area contributed by atoms with Crippen LogP contribution in [0.3, 0.4) is 0 Å². The van der Waals surface area contributed by atoms with Gasteiger partial charge in [0.15, 0.2) is 6.29 Å². The molecule has 11 nitrogen and oxygen atoms in total. The quantitative estimate of drug-likeness (QED) is 0.231. The highest BCUT2D eigenvalue weighted by Crippen LogP contribution is 2.34. The zero-order chi connectivity index (χ0) is 33.2. The van der Waals surface area contributed by atoms with Gasteiger partial charge < -0.3 is 20.5 Å². The number of nitrogens with zero attached hydrogens (tertiary/aromatic N) is 2. The Labute approximate surface area is 259 Å². The lowest BCUT2D eigenvalue weighted by molar-refractivity contribution is -0.137. The fourth-order valence-corrected chi connectivity index (χ4v) is 5.67. The number of carboxylic acid groups (broad SMARTS) is 2. The number of carboxylic acids is 2. The van der Waals surface area contributed by atoms with Gasteiger partial charge in [-0.05, 0) is 80.5 Å². The second-order valence-electron chi connectivity index (χ2n) is 10.9. The maximum atomic E-state index is 14.0. The first-order chi connectivity index (χ1) is 21.3. The molecule has 3 aliphatic heterocycles. The van der Waals surface area contributed by atoms with Crippen LogP contribution in [0.2, 0.25) is 0 Å². The molecule has 1 amide bonds. The summed E-state index contributed by atoms with van der Waals surface area (Å²) >= 11 is 0. The van der Waals surface area contributed by atoms with Crippen LogP contribution in [-0.2, 0) is 19.2 Å². The smallest absolute Gasteiger partial charge is 0.303 e. The van der Waals surface area contributed by atoms with Crippen LogP contribution in [0.25, 0.3) is 12.2 Å². The third-order valence-corrected chi connectivity index (χ3v) is 8.21.